The third kappa shape index (κ3) is 3.91. The number of likely N-dealkylation sites (N-methyl/N-ethyl adjacent to an activating group) is 1. The molecule has 1 amide bonds. The highest BCUT2D eigenvalue weighted by Gasteiger charge is 2.24. The molecule has 1 aromatic rings. The van der Waals surface area contributed by atoms with Gasteiger partial charge in [0.15, 0.2) is 0 Å². The molecule has 0 aromatic heterocycles. The van der Waals surface area contributed by atoms with Crippen molar-refractivity contribution >= 4 is 17.5 Å². The van der Waals surface area contributed by atoms with Gasteiger partial charge in [-0.3, -0.25) is 9.69 Å². The molecule has 20 heavy (non-hydrogen) atoms. The maximum absolute atomic E-state index is 13.4. The van der Waals surface area contributed by atoms with E-state index in [1.165, 1.54) is 6.07 Å². The molecular weight excluding hydrogens is 281 g/mol. The lowest BCUT2D eigenvalue weighted by molar-refractivity contribution is -0.122. The van der Waals surface area contributed by atoms with Gasteiger partial charge in [-0.1, -0.05) is 17.7 Å². The van der Waals surface area contributed by atoms with E-state index in [2.05, 4.69) is 9.80 Å². The summed E-state index contributed by atoms with van der Waals surface area (Å²) in [4.78, 5) is 15.7. The fraction of sp³-hybridized carbons (Fsp3) is 0.500. The van der Waals surface area contributed by atoms with E-state index in [1.54, 1.807) is 12.1 Å². The first-order valence-electron chi connectivity index (χ1n) is 6.60. The number of hydrogen-bond donors (Lipinski definition) is 1. The van der Waals surface area contributed by atoms with Crippen molar-refractivity contribution in [3.8, 4) is 0 Å². The molecule has 1 heterocycles. The van der Waals surface area contributed by atoms with Crippen LogP contribution in [0.3, 0.4) is 0 Å². The van der Waals surface area contributed by atoms with Crippen LogP contribution in [0.25, 0.3) is 0 Å². The van der Waals surface area contributed by atoms with Gasteiger partial charge in [-0.25, -0.2) is 4.39 Å². The Bertz CT molecular complexity index is 497. The zero-order valence-corrected chi connectivity index (χ0v) is 12.2. The highest BCUT2D eigenvalue weighted by atomic mass is 35.5. The summed E-state index contributed by atoms with van der Waals surface area (Å²) in [5.74, 6) is -0.895. The fourth-order valence-electron chi connectivity index (χ4n) is 2.46. The highest BCUT2D eigenvalue weighted by Crippen LogP contribution is 2.18. The minimum absolute atomic E-state index is 0.124. The molecule has 1 atom stereocenters. The summed E-state index contributed by atoms with van der Waals surface area (Å²) in [6.07, 6.45) is 0. The molecule has 0 unspecified atom stereocenters. The number of carbonyl (C=O) groups is 1. The number of hydrogen-bond acceptors (Lipinski definition) is 3. The van der Waals surface area contributed by atoms with Gasteiger partial charge in [0.25, 0.3) is 0 Å². The van der Waals surface area contributed by atoms with E-state index < -0.39 is 5.82 Å². The highest BCUT2D eigenvalue weighted by molar-refractivity contribution is 6.30. The van der Waals surface area contributed by atoms with Crippen LogP contribution in [-0.4, -0.2) is 48.9 Å². The van der Waals surface area contributed by atoms with E-state index in [0.29, 0.717) is 19.6 Å². The van der Waals surface area contributed by atoms with Crippen LogP contribution in [0.2, 0.25) is 5.02 Å². The topological polar surface area (TPSA) is 49.6 Å². The van der Waals surface area contributed by atoms with Crippen LogP contribution in [0.1, 0.15) is 5.56 Å². The summed E-state index contributed by atoms with van der Waals surface area (Å²) in [7, 11) is 1.97. The maximum atomic E-state index is 13.4. The van der Waals surface area contributed by atoms with Gasteiger partial charge in [-0.2, -0.15) is 0 Å². The first kappa shape index (κ1) is 15.2. The number of primary amides is 1. The average Bonchev–Trinajstić information content (AvgIpc) is 2.56. The molecule has 1 aromatic carbocycles. The van der Waals surface area contributed by atoms with Crippen LogP contribution in [-0.2, 0) is 11.3 Å². The molecule has 6 heteroatoms. The first-order valence-corrected chi connectivity index (χ1v) is 6.97. The molecule has 4 nitrogen and oxygen atoms in total. The summed E-state index contributed by atoms with van der Waals surface area (Å²) in [5, 5.41) is 0.124. The summed E-state index contributed by atoms with van der Waals surface area (Å²) in [5.41, 5.74) is 6.28. The van der Waals surface area contributed by atoms with Gasteiger partial charge in [0.05, 0.1) is 10.9 Å². The van der Waals surface area contributed by atoms with E-state index in [1.807, 2.05) is 7.05 Å². The molecular formula is C14H19ClFN3O. The van der Waals surface area contributed by atoms with Crippen molar-refractivity contribution in [2.45, 2.75) is 6.54 Å². The molecule has 0 radical (unpaired) electrons. The largest absolute Gasteiger partial charge is 0.369 e. The lowest BCUT2D eigenvalue weighted by Crippen LogP contribution is -2.37. The fourth-order valence-corrected chi connectivity index (χ4v) is 2.58. The minimum Gasteiger partial charge on any atom is -0.369 e. The van der Waals surface area contributed by atoms with Crippen molar-refractivity contribution in [3.63, 3.8) is 0 Å². The second-order valence-corrected chi connectivity index (χ2v) is 5.75. The first-order chi connectivity index (χ1) is 9.45. The molecule has 1 aliphatic rings. The van der Waals surface area contributed by atoms with Crippen molar-refractivity contribution in [1.82, 2.24) is 9.80 Å². The Morgan fingerprint density at radius 2 is 2.20 bits per heavy atom. The van der Waals surface area contributed by atoms with E-state index in [0.717, 1.165) is 18.7 Å². The van der Waals surface area contributed by atoms with Gasteiger partial charge < -0.3 is 10.6 Å². The summed E-state index contributed by atoms with van der Waals surface area (Å²) < 4.78 is 13.4. The Kier molecular flexibility index (Phi) is 4.96. The SMILES string of the molecule is CN1CCN(Cc2ccc(Cl)c(F)c2)C[C@@H](C(N)=O)C1. The van der Waals surface area contributed by atoms with Gasteiger partial charge in [0, 0.05) is 32.7 Å². The van der Waals surface area contributed by atoms with Crippen molar-refractivity contribution in [1.29, 1.82) is 0 Å². The number of nitrogens with two attached hydrogens (primary N) is 1. The maximum Gasteiger partial charge on any atom is 0.223 e. The van der Waals surface area contributed by atoms with Crippen LogP contribution in [0, 0.1) is 11.7 Å². The lowest BCUT2D eigenvalue weighted by atomic mass is 10.1. The summed E-state index contributed by atoms with van der Waals surface area (Å²) >= 11 is 5.68. The van der Waals surface area contributed by atoms with E-state index >= 15 is 0 Å². The number of halogens is 2. The number of rotatable bonds is 3. The Labute approximate surface area is 123 Å². The smallest absolute Gasteiger partial charge is 0.223 e. The van der Waals surface area contributed by atoms with Crippen LogP contribution in [0.5, 0.6) is 0 Å². The molecule has 0 bridgehead atoms. The van der Waals surface area contributed by atoms with Crippen molar-refractivity contribution < 1.29 is 9.18 Å². The third-order valence-corrected chi connectivity index (χ3v) is 3.91. The molecule has 2 rings (SSSR count). The van der Waals surface area contributed by atoms with Gasteiger partial charge in [-0.05, 0) is 24.7 Å². The van der Waals surface area contributed by atoms with Crippen LogP contribution in [0.15, 0.2) is 18.2 Å². The second kappa shape index (κ2) is 6.52. The Morgan fingerprint density at radius 3 is 2.85 bits per heavy atom. The Balaban J connectivity index is 2.07. The van der Waals surface area contributed by atoms with Crippen LogP contribution in [0.4, 0.5) is 4.39 Å². The number of amides is 1. The van der Waals surface area contributed by atoms with E-state index in [-0.39, 0.29) is 16.8 Å². The van der Waals surface area contributed by atoms with Gasteiger partial charge in [0.1, 0.15) is 5.82 Å². The third-order valence-electron chi connectivity index (χ3n) is 3.60. The Morgan fingerprint density at radius 1 is 1.45 bits per heavy atom. The molecule has 110 valence electrons. The van der Waals surface area contributed by atoms with Crippen molar-refractivity contribution in [2.75, 3.05) is 33.2 Å². The van der Waals surface area contributed by atoms with Crippen molar-refractivity contribution in [3.05, 3.63) is 34.6 Å². The lowest BCUT2D eigenvalue weighted by Gasteiger charge is -2.22. The van der Waals surface area contributed by atoms with Crippen LogP contribution >= 0.6 is 11.6 Å². The number of benzene rings is 1. The van der Waals surface area contributed by atoms with Gasteiger partial charge in [0.2, 0.25) is 5.91 Å². The van der Waals surface area contributed by atoms with Crippen LogP contribution < -0.4 is 5.73 Å². The quantitative estimate of drug-likeness (QED) is 0.916. The van der Waals surface area contributed by atoms with Gasteiger partial charge in [-0.15, -0.1) is 0 Å². The predicted octanol–water partition coefficient (Wildman–Crippen LogP) is 1.33. The average molecular weight is 300 g/mol. The van der Waals surface area contributed by atoms with E-state index in [9.17, 15) is 9.18 Å². The number of carbonyl (C=O) groups excluding carboxylic acids is 1. The normalized spacial score (nSPS) is 21.6. The molecule has 0 spiro atoms. The minimum atomic E-state index is -0.414. The zero-order chi connectivity index (χ0) is 14.7. The van der Waals surface area contributed by atoms with Crippen molar-refractivity contribution in [2.24, 2.45) is 11.7 Å². The van der Waals surface area contributed by atoms with Gasteiger partial charge >= 0.3 is 0 Å². The second-order valence-electron chi connectivity index (χ2n) is 5.35. The summed E-state index contributed by atoms with van der Waals surface area (Å²) in [6.45, 7) is 3.54. The monoisotopic (exact) mass is 299 g/mol. The molecule has 0 saturated carbocycles. The molecule has 2 N–H and O–H groups in total. The Hall–Kier alpha value is -1.17. The summed E-state index contributed by atoms with van der Waals surface area (Å²) in [6, 6.07) is 4.80. The zero-order valence-electron chi connectivity index (χ0n) is 11.5. The molecule has 1 saturated heterocycles. The molecule has 1 fully saturated rings. The standard InChI is InChI=1S/C14H19ClFN3O/c1-18-4-5-19(9-11(8-18)14(17)20)7-10-2-3-12(15)13(16)6-10/h2-3,6,11H,4-5,7-9H2,1H3,(H2,17,20)/t11-/m0/s1. The number of nitrogens with zero attached hydrogens (tertiary/aromatic N) is 2. The molecule has 1 aliphatic heterocycles. The molecule has 0 aliphatic carbocycles. The van der Waals surface area contributed by atoms with E-state index in [4.69, 9.17) is 17.3 Å². The predicted molar refractivity (Wildman–Crippen MR) is 76.9 cm³/mol.